The molecule has 5 heteroatoms. The molecule has 0 aromatic heterocycles. The van der Waals surface area contributed by atoms with Crippen LogP contribution in [-0.4, -0.2) is 18.0 Å². The van der Waals surface area contributed by atoms with E-state index >= 15 is 0 Å². The van der Waals surface area contributed by atoms with E-state index in [0.717, 1.165) is 19.3 Å². The van der Waals surface area contributed by atoms with Crippen LogP contribution in [0.4, 0.5) is 0 Å². The largest absolute Gasteiger partial charge is 0.469 e. The van der Waals surface area contributed by atoms with E-state index in [4.69, 9.17) is 0 Å². The van der Waals surface area contributed by atoms with Crippen LogP contribution in [0, 0.1) is 10.1 Å². The highest BCUT2D eigenvalue weighted by Gasteiger charge is 2.08. The molecule has 86 valence electrons. The van der Waals surface area contributed by atoms with Crippen LogP contribution in [0.2, 0.25) is 0 Å². The molecule has 0 spiro atoms. The number of ether oxygens (including phenoxy) is 1. The van der Waals surface area contributed by atoms with Crippen LogP contribution < -0.4 is 0 Å². The van der Waals surface area contributed by atoms with Crippen molar-refractivity contribution < 1.29 is 14.5 Å². The number of hydrogen-bond donors (Lipinski definition) is 0. The molecule has 0 bridgehead atoms. The van der Waals surface area contributed by atoms with E-state index < -0.39 is 0 Å². The van der Waals surface area contributed by atoms with Crippen LogP contribution >= 0.6 is 0 Å². The van der Waals surface area contributed by atoms with Gasteiger partial charge in [-0.15, -0.1) is 0 Å². The SMILES string of the molecule is C/C=C(\CCCCCC(=O)OC)[N+](=O)[O-]. The molecule has 5 nitrogen and oxygen atoms in total. The number of methoxy groups -OCH3 is 1. The summed E-state index contributed by atoms with van der Waals surface area (Å²) in [5.74, 6) is -0.226. The first-order valence-electron chi connectivity index (χ1n) is 4.98. The first-order chi connectivity index (χ1) is 7.11. The summed E-state index contributed by atoms with van der Waals surface area (Å²) in [5, 5.41) is 10.4. The number of allylic oxidation sites excluding steroid dienone is 2. The molecule has 15 heavy (non-hydrogen) atoms. The summed E-state index contributed by atoms with van der Waals surface area (Å²) in [4.78, 5) is 20.8. The van der Waals surface area contributed by atoms with Crippen molar-refractivity contribution in [3.63, 3.8) is 0 Å². The Morgan fingerprint density at radius 2 is 1.93 bits per heavy atom. The third-order valence-electron chi connectivity index (χ3n) is 2.11. The molecule has 0 aliphatic rings. The van der Waals surface area contributed by atoms with Gasteiger partial charge in [0, 0.05) is 12.8 Å². The van der Waals surface area contributed by atoms with Gasteiger partial charge in [-0.25, -0.2) is 0 Å². The Bertz CT molecular complexity index is 248. The lowest BCUT2D eigenvalue weighted by Crippen LogP contribution is -2.00. The van der Waals surface area contributed by atoms with Gasteiger partial charge in [-0.3, -0.25) is 14.9 Å². The number of carbonyl (C=O) groups excluding carboxylic acids is 1. The summed E-state index contributed by atoms with van der Waals surface area (Å²) in [5.41, 5.74) is 0.244. The minimum Gasteiger partial charge on any atom is -0.469 e. The van der Waals surface area contributed by atoms with Gasteiger partial charge in [-0.05, 0) is 25.8 Å². The van der Waals surface area contributed by atoms with Crippen molar-refractivity contribution >= 4 is 5.97 Å². The number of hydrogen-bond acceptors (Lipinski definition) is 4. The lowest BCUT2D eigenvalue weighted by Gasteiger charge is -1.99. The van der Waals surface area contributed by atoms with Crippen LogP contribution in [0.1, 0.15) is 39.0 Å². The summed E-state index contributed by atoms with van der Waals surface area (Å²) >= 11 is 0. The summed E-state index contributed by atoms with van der Waals surface area (Å²) in [7, 11) is 1.35. The second-order valence-electron chi connectivity index (χ2n) is 3.17. The van der Waals surface area contributed by atoms with Crippen molar-refractivity contribution in [1.82, 2.24) is 0 Å². The molecule has 0 amide bonds. The van der Waals surface area contributed by atoms with E-state index in [2.05, 4.69) is 4.74 Å². The number of esters is 1. The van der Waals surface area contributed by atoms with E-state index in [-0.39, 0.29) is 16.6 Å². The first kappa shape index (κ1) is 13.6. The van der Waals surface area contributed by atoms with Crippen molar-refractivity contribution in [3.05, 3.63) is 21.9 Å². The number of nitrogens with zero attached hydrogens (tertiary/aromatic N) is 1. The number of rotatable bonds is 7. The molecule has 0 radical (unpaired) electrons. The molecule has 0 saturated carbocycles. The fourth-order valence-electron chi connectivity index (χ4n) is 1.20. The van der Waals surface area contributed by atoms with Crippen molar-refractivity contribution in [2.24, 2.45) is 0 Å². The van der Waals surface area contributed by atoms with E-state index in [1.54, 1.807) is 6.92 Å². The zero-order valence-electron chi connectivity index (χ0n) is 9.19. The minimum atomic E-state index is -0.361. The molecule has 0 aromatic carbocycles. The van der Waals surface area contributed by atoms with Crippen molar-refractivity contribution in [3.8, 4) is 0 Å². The highest BCUT2D eigenvalue weighted by atomic mass is 16.6. The van der Waals surface area contributed by atoms with Crippen LogP contribution in [-0.2, 0) is 9.53 Å². The molecule has 0 rings (SSSR count). The maximum absolute atomic E-state index is 10.7. The average Bonchev–Trinajstić information content (AvgIpc) is 2.22. The topological polar surface area (TPSA) is 69.4 Å². The Morgan fingerprint density at radius 3 is 2.40 bits per heavy atom. The van der Waals surface area contributed by atoms with E-state index in [9.17, 15) is 14.9 Å². The summed E-state index contributed by atoms with van der Waals surface area (Å²) < 4.78 is 4.48. The van der Waals surface area contributed by atoms with Gasteiger partial charge in [0.1, 0.15) is 0 Å². The molecule has 0 N–H and O–H groups in total. The van der Waals surface area contributed by atoms with Gasteiger partial charge in [0.25, 0.3) is 0 Å². The van der Waals surface area contributed by atoms with Crippen LogP contribution in [0.15, 0.2) is 11.8 Å². The average molecular weight is 215 g/mol. The molecule has 0 aromatic rings. The molecule has 0 atom stereocenters. The smallest absolute Gasteiger partial charge is 0.305 e. The monoisotopic (exact) mass is 215 g/mol. The lowest BCUT2D eigenvalue weighted by molar-refractivity contribution is -0.428. The third kappa shape index (κ3) is 6.65. The maximum Gasteiger partial charge on any atom is 0.305 e. The maximum atomic E-state index is 10.7. The zero-order valence-corrected chi connectivity index (χ0v) is 9.19. The molecule has 0 aliphatic carbocycles. The number of unbranched alkanes of at least 4 members (excludes halogenated alkanes) is 2. The molecule has 0 aliphatic heterocycles. The molecule has 0 heterocycles. The Balaban J connectivity index is 3.54. The molecular formula is C10H17NO4. The van der Waals surface area contributed by atoms with Crippen LogP contribution in [0.25, 0.3) is 0 Å². The van der Waals surface area contributed by atoms with Crippen molar-refractivity contribution in [1.29, 1.82) is 0 Å². The normalized spacial score (nSPS) is 11.2. The van der Waals surface area contributed by atoms with Gasteiger partial charge < -0.3 is 4.74 Å². The van der Waals surface area contributed by atoms with Crippen molar-refractivity contribution in [2.75, 3.05) is 7.11 Å². The Morgan fingerprint density at radius 1 is 1.33 bits per heavy atom. The quantitative estimate of drug-likeness (QED) is 0.283. The van der Waals surface area contributed by atoms with Gasteiger partial charge in [-0.2, -0.15) is 0 Å². The molecular weight excluding hydrogens is 198 g/mol. The Kier molecular flexibility index (Phi) is 7.23. The van der Waals surface area contributed by atoms with Gasteiger partial charge >= 0.3 is 5.97 Å². The van der Waals surface area contributed by atoms with Crippen molar-refractivity contribution in [2.45, 2.75) is 39.0 Å². The molecule has 0 fully saturated rings. The third-order valence-corrected chi connectivity index (χ3v) is 2.11. The first-order valence-corrected chi connectivity index (χ1v) is 4.98. The van der Waals surface area contributed by atoms with E-state index in [0.29, 0.717) is 12.8 Å². The fourth-order valence-corrected chi connectivity index (χ4v) is 1.20. The lowest BCUT2D eigenvalue weighted by atomic mass is 10.1. The van der Waals surface area contributed by atoms with Crippen LogP contribution in [0.5, 0.6) is 0 Å². The van der Waals surface area contributed by atoms with E-state index in [1.807, 2.05) is 0 Å². The van der Waals surface area contributed by atoms with Crippen LogP contribution in [0.3, 0.4) is 0 Å². The Labute approximate surface area is 89.3 Å². The standard InChI is InChI=1S/C10H17NO4/c1-3-9(11(13)14)7-5-4-6-8-10(12)15-2/h3H,4-8H2,1-2H3/b9-3+. The summed E-state index contributed by atoms with van der Waals surface area (Å²) in [6.45, 7) is 1.66. The predicted molar refractivity (Wildman–Crippen MR) is 55.9 cm³/mol. The Hall–Kier alpha value is -1.39. The second kappa shape index (κ2) is 7.96. The fraction of sp³-hybridized carbons (Fsp3) is 0.700. The summed E-state index contributed by atoms with van der Waals surface area (Å²) in [6, 6.07) is 0. The van der Waals surface area contributed by atoms with Gasteiger partial charge in [0.2, 0.25) is 5.70 Å². The van der Waals surface area contributed by atoms with Gasteiger partial charge in [0.15, 0.2) is 0 Å². The number of carbonyl (C=O) groups is 1. The highest BCUT2D eigenvalue weighted by Crippen LogP contribution is 2.10. The zero-order chi connectivity index (χ0) is 11.7. The summed E-state index contributed by atoms with van der Waals surface area (Å²) in [6.07, 6.45) is 4.63. The number of nitro groups is 1. The highest BCUT2D eigenvalue weighted by molar-refractivity contribution is 5.68. The molecule has 0 saturated heterocycles. The van der Waals surface area contributed by atoms with E-state index in [1.165, 1.54) is 13.2 Å². The van der Waals surface area contributed by atoms with Gasteiger partial charge in [0.05, 0.1) is 12.0 Å². The minimum absolute atomic E-state index is 0.226. The van der Waals surface area contributed by atoms with Gasteiger partial charge in [-0.1, -0.05) is 6.42 Å². The molecule has 0 unspecified atom stereocenters. The predicted octanol–water partition coefficient (Wildman–Crippen LogP) is 2.29. The second-order valence-corrected chi connectivity index (χ2v) is 3.17.